The highest BCUT2D eigenvalue weighted by Crippen LogP contribution is 2.30. The quantitative estimate of drug-likeness (QED) is 0.859. The van der Waals surface area contributed by atoms with Crippen molar-refractivity contribution in [3.8, 4) is 0 Å². The highest BCUT2D eigenvalue weighted by atomic mass is 15.1. The molecule has 0 aromatic carbocycles. The van der Waals surface area contributed by atoms with Crippen molar-refractivity contribution in [2.24, 2.45) is 5.92 Å². The number of nitrogens with zero attached hydrogens (tertiary/aromatic N) is 2. The molecule has 0 amide bonds. The van der Waals surface area contributed by atoms with E-state index >= 15 is 0 Å². The summed E-state index contributed by atoms with van der Waals surface area (Å²) in [6.45, 7) is 4.37. The number of nitrogens with one attached hydrogen (secondary N) is 1. The molecule has 1 aromatic rings. The summed E-state index contributed by atoms with van der Waals surface area (Å²) in [5.74, 6) is 2.31. The lowest BCUT2D eigenvalue weighted by Crippen LogP contribution is -2.32. The fraction of sp³-hybridized carbons (Fsp3) is 0.714. The van der Waals surface area contributed by atoms with Gasteiger partial charge in [0, 0.05) is 11.6 Å². The molecule has 0 bridgehead atoms. The predicted octanol–water partition coefficient (Wildman–Crippen LogP) is 3.00. The third-order valence-corrected chi connectivity index (χ3v) is 4.09. The lowest BCUT2D eigenvalue weighted by molar-refractivity contribution is 0.316. The van der Waals surface area contributed by atoms with Gasteiger partial charge in [0.05, 0.1) is 0 Å². The van der Waals surface area contributed by atoms with E-state index in [2.05, 4.69) is 29.1 Å². The monoisotopic (exact) mass is 248 g/mol. The van der Waals surface area contributed by atoms with Crippen LogP contribution in [-0.2, 0) is 6.42 Å². The minimum absolute atomic E-state index is 0.545. The summed E-state index contributed by atoms with van der Waals surface area (Å²) in [5.41, 5.74) is 6.97. The number of hydrogen-bond donors (Lipinski definition) is 2. The third-order valence-electron chi connectivity index (χ3n) is 4.09. The molecule has 2 unspecified atom stereocenters. The van der Waals surface area contributed by atoms with Gasteiger partial charge in [-0.2, -0.15) is 0 Å². The van der Waals surface area contributed by atoms with Gasteiger partial charge in [0.25, 0.3) is 0 Å². The third kappa shape index (κ3) is 2.74. The van der Waals surface area contributed by atoms with E-state index in [1.807, 2.05) is 0 Å². The van der Waals surface area contributed by atoms with Gasteiger partial charge in [0.2, 0.25) is 0 Å². The maximum Gasteiger partial charge on any atom is 0.134 e. The van der Waals surface area contributed by atoms with Crippen molar-refractivity contribution < 1.29 is 0 Å². The van der Waals surface area contributed by atoms with Crippen molar-refractivity contribution in [3.05, 3.63) is 11.9 Å². The molecule has 1 fully saturated rings. The zero-order valence-corrected chi connectivity index (χ0v) is 11.4. The molecular formula is C14H24N4. The molecule has 1 aromatic heterocycles. The largest absolute Gasteiger partial charge is 0.383 e. The Morgan fingerprint density at radius 1 is 1.28 bits per heavy atom. The van der Waals surface area contributed by atoms with Gasteiger partial charge in [-0.15, -0.1) is 0 Å². The summed E-state index contributed by atoms with van der Waals surface area (Å²) < 4.78 is 0. The topological polar surface area (TPSA) is 63.8 Å². The normalized spacial score (nSPS) is 23.9. The molecule has 1 aliphatic carbocycles. The van der Waals surface area contributed by atoms with Crippen molar-refractivity contribution >= 4 is 11.6 Å². The van der Waals surface area contributed by atoms with Crippen LogP contribution in [0.3, 0.4) is 0 Å². The Morgan fingerprint density at radius 2 is 2.06 bits per heavy atom. The molecule has 1 aliphatic rings. The lowest BCUT2D eigenvalue weighted by atomic mass is 9.83. The Balaban J connectivity index is 2.15. The van der Waals surface area contributed by atoms with E-state index in [1.165, 1.54) is 32.1 Å². The van der Waals surface area contributed by atoms with Crippen molar-refractivity contribution in [2.45, 2.75) is 58.4 Å². The van der Waals surface area contributed by atoms with Gasteiger partial charge in [0.15, 0.2) is 0 Å². The Morgan fingerprint density at radius 3 is 2.78 bits per heavy atom. The number of rotatable bonds is 4. The number of aromatic nitrogens is 2. The van der Waals surface area contributed by atoms with Crippen LogP contribution in [0.2, 0.25) is 0 Å². The first kappa shape index (κ1) is 13.1. The summed E-state index contributed by atoms with van der Waals surface area (Å²) in [5, 5.41) is 3.61. The molecule has 2 atom stereocenters. The highest BCUT2D eigenvalue weighted by Gasteiger charge is 2.24. The average Bonchev–Trinajstić information content (AvgIpc) is 2.40. The SMILES string of the molecule is CCc1c(N)ncnc1NC1CCCCC1CC. The van der Waals surface area contributed by atoms with Crippen LogP contribution >= 0.6 is 0 Å². The zero-order valence-electron chi connectivity index (χ0n) is 11.4. The molecule has 1 heterocycles. The van der Waals surface area contributed by atoms with E-state index in [-0.39, 0.29) is 0 Å². The van der Waals surface area contributed by atoms with Crippen molar-refractivity contribution in [1.29, 1.82) is 0 Å². The van der Waals surface area contributed by atoms with Crippen LogP contribution in [0.4, 0.5) is 11.6 Å². The van der Waals surface area contributed by atoms with Crippen LogP contribution in [0.15, 0.2) is 6.33 Å². The van der Waals surface area contributed by atoms with Gasteiger partial charge in [0.1, 0.15) is 18.0 Å². The minimum atomic E-state index is 0.545. The Labute approximate surface area is 109 Å². The molecule has 2 rings (SSSR count). The zero-order chi connectivity index (χ0) is 13.0. The van der Waals surface area contributed by atoms with Crippen molar-refractivity contribution in [2.75, 3.05) is 11.1 Å². The highest BCUT2D eigenvalue weighted by molar-refractivity contribution is 5.55. The molecule has 4 nitrogen and oxygen atoms in total. The van der Waals surface area contributed by atoms with Crippen LogP contribution in [0.25, 0.3) is 0 Å². The molecule has 3 N–H and O–H groups in total. The van der Waals surface area contributed by atoms with Crippen LogP contribution in [0, 0.1) is 5.92 Å². The molecule has 18 heavy (non-hydrogen) atoms. The summed E-state index contributed by atoms with van der Waals surface area (Å²) in [4.78, 5) is 8.44. The van der Waals surface area contributed by atoms with E-state index < -0.39 is 0 Å². The second-order valence-electron chi connectivity index (χ2n) is 5.14. The molecular weight excluding hydrogens is 224 g/mol. The van der Waals surface area contributed by atoms with Gasteiger partial charge < -0.3 is 11.1 Å². The van der Waals surface area contributed by atoms with Crippen molar-refractivity contribution in [3.63, 3.8) is 0 Å². The molecule has 0 spiro atoms. The van der Waals surface area contributed by atoms with Gasteiger partial charge in [-0.1, -0.05) is 33.1 Å². The van der Waals surface area contributed by atoms with Gasteiger partial charge in [-0.25, -0.2) is 9.97 Å². The molecule has 100 valence electrons. The molecule has 1 saturated carbocycles. The van der Waals surface area contributed by atoms with Gasteiger partial charge in [-0.3, -0.25) is 0 Å². The predicted molar refractivity (Wildman–Crippen MR) is 75.5 cm³/mol. The van der Waals surface area contributed by atoms with Crippen LogP contribution in [0.1, 0.15) is 51.5 Å². The Hall–Kier alpha value is -1.32. The average molecular weight is 248 g/mol. The fourth-order valence-electron chi connectivity index (χ4n) is 2.96. The fourth-order valence-corrected chi connectivity index (χ4v) is 2.96. The number of hydrogen-bond acceptors (Lipinski definition) is 4. The number of nitrogen functional groups attached to an aromatic ring is 1. The summed E-state index contributed by atoms with van der Waals surface area (Å²) in [7, 11) is 0. The Bertz CT molecular complexity index is 391. The maximum atomic E-state index is 5.91. The van der Waals surface area contributed by atoms with Crippen LogP contribution < -0.4 is 11.1 Å². The summed E-state index contributed by atoms with van der Waals surface area (Å²) in [6, 6.07) is 0.545. The van der Waals surface area contributed by atoms with Gasteiger partial charge >= 0.3 is 0 Å². The number of anilines is 2. The molecule has 4 heteroatoms. The first-order chi connectivity index (χ1) is 8.76. The minimum Gasteiger partial charge on any atom is -0.383 e. The maximum absolute atomic E-state index is 5.91. The Kier molecular flexibility index (Phi) is 4.39. The van der Waals surface area contributed by atoms with Crippen LogP contribution in [0.5, 0.6) is 0 Å². The first-order valence-corrected chi connectivity index (χ1v) is 7.12. The number of nitrogens with two attached hydrogens (primary N) is 1. The summed E-state index contributed by atoms with van der Waals surface area (Å²) >= 11 is 0. The summed E-state index contributed by atoms with van der Waals surface area (Å²) in [6.07, 6.45) is 8.92. The molecule has 0 radical (unpaired) electrons. The van der Waals surface area contributed by atoms with E-state index in [0.717, 1.165) is 23.7 Å². The van der Waals surface area contributed by atoms with E-state index in [1.54, 1.807) is 6.33 Å². The molecule has 0 aliphatic heterocycles. The standard InChI is InChI=1S/C14H24N4/c1-3-10-7-5-6-8-12(10)18-14-11(4-2)13(15)16-9-17-14/h9-10,12H,3-8H2,1-2H3,(H3,15,16,17,18). The second-order valence-corrected chi connectivity index (χ2v) is 5.14. The van der Waals surface area contributed by atoms with Crippen molar-refractivity contribution in [1.82, 2.24) is 9.97 Å². The van der Waals surface area contributed by atoms with E-state index in [0.29, 0.717) is 11.9 Å². The van der Waals surface area contributed by atoms with E-state index in [9.17, 15) is 0 Å². The smallest absolute Gasteiger partial charge is 0.134 e. The van der Waals surface area contributed by atoms with Crippen LogP contribution in [-0.4, -0.2) is 16.0 Å². The first-order valence-electron chi connectivity index (χ1n) is 7.12. The second kappa shape index (κ2) is 6.03. The molecule has 0 saturated heterocycles. The van der Waals surface area contributed by atoms with Gasteiger partial charge in [-0.05, 0) is 25.2 Å². The lowest BCUT2D eigenvalue weighted by Gasteiger charge is -2.32. The van der Waals surface area contributed by atoms with E-state index in [4.69, 9.17) is 5.73 Å².